The monoisotopic (exact) mass is 367 g/mol. The number of nitrogens with one attached hydrogen (secondary N) is 1. The second kappa shape index (κ2) is 8.70. The van der Waals surface area contributed by atoms with E-state index in [1.54, 1.807) is 0 Å². The molecule has 128 valence electrons. The number of carboxylic acid groups (broad SMARTS) is 1. The van der Waals surface area contributed by atoms with Gasteiger partial charge in [0.15, 0.2) is 17.3 Å². The number of Topliss-reactive ketones (excluding diaryl/α,β-unsaturated/α-hetero) is 3. The number of carbonyl (C=O) groups excluding carboxylic acids is 3. The molecular formula is C16H17NO5S2. The normalized spacial score (nSPS) is 10.1. The molecule has 0 atom stereocenters. The lowest BCUT2D eigenvalue weighted by Gasteiger charge is -2.16. The smallest absolute Gasteiger partial charge is 0.304 e. The van der Waals surface area contributed by atoms with Crippen LogP contribution in [0, 0.1) is 0 Å². The minimum Gasteiger partial charge on any atom is -0.481 e. The molecule has 0 aliphatic heterocycles. The van der Waals surface area contributed by atoms with Gasteiger partial charge < -0.3 is 10.4 Å². The number of anilines is 1. The molecule has 0 unspecified atom stereocenters. The highest BCUT2D eigenvalue weighted by atomic mass is 32.2. The fourth-order valence-electron chi connectivity index (χ4n) is 2.11. The molecule has 0 aliphatic rings. The molecule has 24 heavy (non-hydrogen) atoms. The van der Waals surface area contributed by atoms with E-state index in [2.05, 4.69) is 5.32 Å². The molecule has 8 heteroatoms. The summed E-state index contributed by atoms with van der Waals surface area (Å²) < 4.78 is 0.281. The number of hydrogen-bond acceptors (Lipinski definition) is 6. The van der Waals surface area contributed by atoms with Gasteiger partial charge in [-0.3, -0.25) is 19.2 Å². The van der Waals surface area contributed by atoms with Gasteiger partial charge in [-0.1, -0.05) is 24.0 Å². The van der Waals surface area contributed by atoms with Gasteiger partial charge in [-0.15, -0.1) is 0 Å². The first-order valence-electron chi connectivity index (χ1n) is 7.00. The molecule has 0 aliphatic carbocycles. The number of ketones is 3. The molecule has 0 fully saturated rings. The van der Waals surface area contributed by atoms with Crippen molar-refractivity contribution in [3.8, 4) is 0 Å². The van der Waals surface area contributed by atoms with Crippen molar-refractivity contribution in [2.24, 2.45) is 0 Å². The lowest BCUT2D eigenvalue weighted by Crippen LogP contribution is -2.16. The first-order valence-corrected chi connectivity index (χ1v) is 8.40. The summed E-state index contributed by atoms with van der Waals surface area (Å²) in [6.45, 7) is 3.92. The van der Waals surface area contributed by atoms with Crippen molar-refractivity contribution >= 4 is 57.3 Å². The topological polar surface area (TPSA) is 101 Å². The molecule has 0 aromatic heterocycles. The van der Waals surface area contributed by atoms with Crippen LogP contribution in [0.15, 0.2) is 12.1 Å². The summed E-state index contributed by atoms with van der Waals surface area (Å²) in [5.74, 6) is -1.73. The van der Waals surface area contributed by atoms with Crippen LogP contribution in [0.2, 0.25) is 0 Å². The first-order chi connectivity index (χ1) is 11.1. The van der Waals surface area contributed by atoms with Crippen molar-refractivity contribution in [1.29, 1.82) is 0 Å². The molecule has 0 amide bonds. The van der Waals surface area contributed by atoms with Crippen LogP contribution in [0.3, 0.4) is 0 Å². The molecule has 0 heterocycles. The fraction of sp³-hybridized carbons (Fsp3) is 0.312. The van der Waals surface area contributed by atoms with E-state index in [4.69, 9.17) is 17.3 Å². The van der Waals surface area contributed by atoms with Crippen molar-refractivity contribution in [2.45, 2.75) is 27.2 Å². The van der Waals surface area contributed by atoms with Gasteiger partial charge in [0.1, 0.15) is 4.32 Å². The predicted molar refractivity (Wildman–Crippen MR) is 97.4 cm³/mol. The lowest BCUT2D eigenvalue weighted by atomic mass is 9.92. The molecule has 1 aromatic carbocycles. The lowest BCUT2D eigenvalue weighted by molar-refractivity contribution is -0.136. The van der Waals surface area contributed by atoms with Gasteiger partial charge in [-0.05, 0) is 32.9 Å². The highest BCUT2D eigenvalue weighted by Gasteiger charge is 2.22. The van der Waals surface area contributed by atoms with Gasteiger partial charge in [-0.2, -0.15) is 0 Å². The zero-order valence-electron chi connectivity index (χ0n) is 13.5. The van der Waals surface area contributed by atoms with Gasteiger partial charge in [0, 0.05) is 16.9 Å². The summed E-state index contributed by atoms with van der Waals surface area (Å²) in [7, 11) is 0. The molecule has 1 rings (SSSR count). The number of rotatable bonds is 7. The highest BCUT2D eigenvalue weighted by molar-refractivity contribution is 8.23. The molecule has 6 nitrogen and oxygen atoms in total. The van der Waals surface area contributed by atoms with Crippen LogP contribution in [0.1, 0.15) is 58.3 Å². The van der Waals surface area contributed by atoms with Crippen molar-refractivity contribution in [3.05, 3.63) is 28.8 Å². The molecular weight excluding hydrogens is 350 g/mol. The minimum atomic E-state index is -0.931. The van der Waals surface area contributed by atoms with Crippen LogP contribution in [0.25, 0.3) is 0 Å². The Hall–Kier alpha value is -2.06. The van der Waals surface area contributed by atoms with Gasteiger partial charge in [0.05, 0.1) is 17.7 Å². The number of aliphatic carboxylic acids is 1. The van der Waals surface area contributed by atoms with Crippen molar-refractivity contribution in [1.82, 2.24) is 0 Å². The Labute approximate surface area is 149 Å². The van der Waals surface area contributed by atoms with E-state index >= 15 is 0 Å². The van der Waals surface area contributed by atoms with Crippen molar-refractivity contribution in [2.75, 3.05) is 11.1 Å². The fourth-order valence-corrected chi connectivity index (χ4v) is 3.11. The summed E-state index contributed by atoms with van der Waals surface area (Å²) in [4.78, 5) is 46.2. The Morgan fingerprint density at radius 3 is 2.08 bits per heavy atom. The number of carboxylic acids is 1. The van der Waals surface area contributed by atoms with Gasteiger partial charge in [0.2, 0.25) is 0 Å². The largest absolute Gasteiger partial charge is 0.481 e. The number of carbonyl (C=O) groups is 4. The Morgan fingerprint density at radius 2 is 1.62 bits per heavy atom. The minimum absolute atomic E-state index is 0.0476. The van der Waals surface area contributed by atoms with Gasteiger partial charge >= 0.3 is 5.97 Å². The van der Waals surface area contributed by atoms with E-state index in [0.29, 0.717) is 5.69 Å². The molecule has 0 bridgehead atoms. The summed E-state index contributed by atoms with van der Waals surface area (Å²) in [6.07, 6.45) is -0.0476. The maximum Gasteiger partial charge on any atom is 0.304 e. The first kappa shape index (κ1) is 20.0. The molecule has 1 aromatic rings. The summed E-state index contributed by atoms with van der Waals surface area (Å²) in [6, 6.07) is 2.99. The second-order valence-electron chi connectivity index (χ2n) is 4.98. The zero-order chi connectivity index (χ0) is 18.4. The SMILES string of the molecule is CC(=O)c1ccc(NC(=S)SCCC(=O)O)c(C(C)=O)c1C(C)=O. The van der Waals surface area contributed by atoms with Crippen LogP contribution in [-0.2, 0) is 4.79 Å². The number of benzene rings is 1. The van der Waals surface area contributed by atoms with E-state index in [-0.39, 0.29) is 44.8 Å². The summed E-state index contributed by atoms with van der Waals surface area (Å²) in [5.41, 5.74) is 0.683. The molecule has 0 saturated heterocycles. The highest BCUT2D eigenvalue weighted by Crippen LogP contribution is 2.27. The average Bonchev–Trinajstić information content (AvgIpc) is 2.45. The van der Waals surface area contributed by atoms with Crippen LogP contribution in [0.5, 0.6) is 0 Å². The molecule has 0 spiro atoms. The number of thioether (sulfide) groups is 1. The summed E-state index contributed by atoms with van der Waals surface area (Å²) >= 11 is 6.24. The third kappa shape index (κ3) is 5.24. The Kier molecular flexibility index (Phi) is 7.24. The molecule has 0 saturated carbocycles. The Balaban J connectivity index is 3.20. The Morgan fingerprint density at radius 1 is 1.04 bits per heavy atom. The van der Waals surface area contributed by atoms with Gasteiger partial charge in [-0.25, -0.2) is 0 Å². The van der Waals surface area contributed by atoms with Crippen molar-refractivity contribution < 1.29 is 24.3 Å². The third-order valence-corrected chi connectivity index (χ3v) is 4.30. The van der Waals surface area contributed by atoms with E-state index < -0.39 is 11.8 Å². The molecule has 0 radical (unpaired) electrons. The maximum atomic E-state index is 12.0. The van der Waals surface area contributed by atoms with Crippen LogP contribution >= 0.6 is 24.0 Å². The Bertz CT molecular complexity index is 727. The standard InChI is InChI=1S/C16H17NO5S2/c1-8(18)11-4-5-12(15(10(3)20)14(11)9(2)19)17-16(23)24-7-6-13(21)22/h4-5H,6-7H2,1-3H3,(H,17,23)(H,21,22). The van der Waals surface area contributed by atoms with Crippen LogP contribution < -0.4 is 5.32 Å². The van der Waals surface area contributed by atoms with E-state index in [1.807, 2.05) is 0 Å². The van der Waals surface area contributed by atoms with Crippen molar-refractivity contribution in [3.63, 3.8) is 0 Å². The number of thiocarbonyl (C=S) groups is 1. The predicted octanol–water partition coefficient (Wildman–Crippen LogP) is 3.20. The quantitative estimate of drug-likeness (QED) is 0.560. The zero-order valence-corrected chi connectivity index (χ0v) is 15.1. The van der Waals surface area contributed by atoms with Gasteiger partial charge in [0.25, 0.3) is 0 Å². The van der Waals surface area contributed by atoms with Crippen LogP contribution in [0.4, 0.5) is 5.69 Å². The maximum absolute atomic E-state index is 12.0. The molecule has 2 N–H and O–H groups in total. The number of hydrogen-bond donors (Lipinski definition) is 2. The average molecular weight is 367 g/mol. The van der Waals surface area contributed by atoms with E-state index in [0.717, 1.165) is 11.8 Å². The van der Waals surface area contributed by atoms with E-state index in [9.17, 15) is 19.2 Å². The second-order valence-corrected chi connectivity index (χ2v) is 6.76. The summed E-state index contributed by atoms with van der Waals surface area (Å²) in [5, 5.41) is 11.5. The van der Waals surface area contributed by atoms with Crippen LogP contribution in [-0.4, -0.2) is 38.5 Å². The van der Waals surface area contributed by atoms with E-state index in [1.165, 1.54) is 32.9 Å². The third-order valence-electron chi connectivity index (χ3n) is 3.07.